The lowest BCUT2D eigenvalue weighted by molar-refractivity contribution is 0.105. The van der Waals surface area contributed by atoms with Crippen molar-refractivity contribution in [2.24, 2.45) is 5.41 Å². The van der Waals surface area contributed by atoms with Crippen LogP contribution in [0.1, 0.15) is 37.1 Å². The summed E-state index contributed by atoms with van der Waals surface area (Å²) in [4.78, 5) is 21.2. The molecule has 0 bridgehead atoms. The molecule has 1 aliphatic carbocycles. The van der Waals surface area contributed by atoms with Gasteiger partial charge < -0.3 is 15.0 Å². The normalized spacial score (nSPS) is 27.8. The van der Waals surface area contributed by atoms with E-state index in [4.69, 9.17) is 4.74 Å². The summed E-state index contributed by atoms with van der Waals surface area (Å²) in [6, 6.07) is 0.729. The largest absolute Gasteiger partial charge is 0.376 e. The number of hydrogen-bond acceptors (Lipinski definition) is 5. The van der Waals surface area contributed by atoms with Gasteiger partial charge >= 0.3 is 6.03 Å². The third-order valence-corrected chi connectivity index (χ3v) is 6.86. The molecule has 3 heterocycles. The summed E-state index contributed by atoms with van der Waals surface area (Å²) in [7, 11) is 2.21. The Labute approximate surface area is 153 Å². The Balaban J connectivity index is 1.21. The Kier molecular flexibility index (Phi) is 4.97. The third-order valence-electron chi connectivity index (χ3n) is 6.10. The number of piperidine rings is 1. The summed E-state index contributed by atoms with van der Waals surface area (Å²) in [5.41, 5.74) is 0.428. The van der Waals surface area contributed by atoms with E-state index in [1.165, 1.54) is 11.4 Å². The summed E-state index contributed by atoms with van der Waals surface area (Å²) in [6.45, 7) is 4.18. The zero-order chi connectivity index (χ0) is 17.3. The van der Waals surface area contributed by atoms with Crippen molar-refractivity contribution in [2.75, 3.05) is 33.3 Å². The van der Waals surface area contributed by atoms with Crippen molar-refractivity contribution in [3.63, 3.8) is 0 Å². The molecule has 0 radical (unpaired) electrons. The van der Waals surface area contributed by atoms with Gasteiger partial charge in [0.1, 0.15) is 5.01 Å². The van der Waals surface area contributed by atoms with Crippen molar-refractivity contribution < 1.29 is 9.53 Å². The molecule has 3 aliphatic rings. The van der Waals surface area contributed by atoms with Crippen LogP contribution in [0.3, 0.4) is 0 Å². The van der Waals surface area contributed by atoms with Crippen molar-refractivity contribution in [1.29, 1.82) is 0 Å². The van der Waals surface area contributed by atoms with Crippen LogP contribution in [-0.4, -0.2) is 66.2 Å². The van der Waals surface area contributed by atoms with Gasteiger partial charge in [-0.25, -0.2) is 9.78 Å². The molecular formula is C18H28N4O2S. The van der Waals surface area contributed by atoms with Gasteiger partial charge in [0.25, 0.3) is 0 Å². The van der Waals surface area contributed by atoms with E-state index in [9.17, 15) is 4.79 Å². The number of amides is 2. The van der Waals surface area contributed by atoms with Crippen molar-refractivity contribution in [1.82, 2.24) is 20.1 Å². The first-order valence-electron chi connectivity index (χ1n) is 9.39. The molecule has 1 aromatic heterocycles. The highest BCUT2D eigenvalue weighted by Gasteiger charge is 2.56. The van der Waals surface area contributed by atoms with E-state index in [1.54, 1.807) is 11.3 Å². The Bertz CT molecular complexity index is 580. The molecule has 4 rings (SSSR count). The molecule has 1 spiro atoms. The maximum Gasteiger partial charge on any atom is 0.317 e. The number of carbonyl (C=O) groups is 1. The molecule has 2 atom stereocenters. The number of rotatable bonds is 5. The fraction of sp³-hybridized carbons (Fsp3) is 0.778. The van der Waals surface area contributed by atoms with Crippen molar-refractivity contribution >= 4 is 17.4 Å². The lowest BCUT2D eigenvalue weighted by atomic mass is 9.92. The SMILES string of the molecule is CN(Cc1nccs1)C1CC12CCN(C(=O)NCC1CCCO1)CC2. The van der Waals surface area contributed by atoms with E-state index in [1.807, 2.05) is 16.5 Å². The Hall–Kier alpha value is -1.18. The monoisotopic (exact) mass is 364 g/mol. The van der Waals surface area contributed by atoms with Gasteiger partial charge in [0.15, 0.2) is 0 Å². The van der Waals surface area contributed by atoms with Crippen LogP contribution >= 0.6 is 11.3 Å². The van der Waals surface area contributed by atoms with Crippen LogP contribution < -0.4 is 5.32 Å². The standard InChI is InChI=1S/C18H28N4O2S/c1-21(13-16-19-6-10-25-16)15-11-18(15)4-7-22(8-5-18)17(23)20-12-14-3-2-9-24-14/h6,10,14-15H,2-5,7-9,11-13H2,1H3,(H,20,23). The fourth-order valence-electron chi connectivity index (χ4n) is 4.41. The van der Waals surface area contributed by atoms with Crippen LogP contribution in [0.2, 0.25) is 0 Å². The Morgan fingerprint density at radius 3 is 3.04 bits per heavy atom. The minimum Gasteiger partial charge on any atom is -0.376 e. The fourth-order valence-corrected chi connectivity index (χ4v) is 5.09. The maximum absolute atomic E-state index is 12.4. The molecule has 1 N–H and O–H groups in total. The lowest BCUT2D eigenvalue weighted by Crippen LogP contribution is -2.47. The number of thiazole rings is 1. The zero-order valence-electron chi connectivity index (χ0n) is 14.9. The summed E-state index contributed by atoms with van der Waals surface area (Å²) < 4.78 is 5.57. The average molecular weight is 365 g/mol. The number of aromatic nitrogens is 1. The molecule has 6 nitrogen and oxygen atoms in total. The number of nitrogens with one attached hydrogen (secondary N) is 1. The van der Waals surface area contributed by atoms with Crippen LogP contribution in [0.5, 0.6) is 0 Å². The summed E-state index contributed by atoms with van der Waals surface area (Å²) in [6.07, 6.45) is 7.77. The molecule has 138 valence electrons. The topological polar surface area (TPSA) is 57.7 Å². The highest BCUT2D eigenvalue weighted by atomic mass is 32.1. The molecule has 2 aliphatic heterocycles. The van der Waals surface area contributed by atoms with Crippen LogP contribution in [0.4, 0.5) is 4.79 Å². The van der Waals surface area contributed by atoms with Gasteiger partial charge in [-0.2, -0.15) is 0 Å². The van der Waals surface area contributed by atoms with Crippen LogP contribution in [0.15, 0.2) is 11.6 Å². The lowest BCUT2D eigenvalue weighted by Gasteiger charge is -2.34. The summed E-state index contributed by atoms with van der Waals surface area (Å²) in [5, 5.41) is 6.28. The highest BCUT2D eigenvalue weighted by Crippen LogP contribution is 2.56. The minimum absolute atomic E-state index is 0.0821. The third kappa shape index (κ3) is 3.83. The van der Waals surface area contributed by atoms with E-state index in [0.717, 1.165) is 51.9 Å². The predicted octanol–water partition coefficient (Wildman–Crippen LogP) is 2.32. The van der Waals surface area contributed by atoms with Crippen LogP contribution in [0, 0.1) is 5.41 Å². The first-order valence-corrected chi connectivity index (χ1v) is 10.3. The number of nitrogens with zero attached hydrogens (tertiary/aromatic N) is 3. The highest BCUT2D eigenvalue weighted by molar-refractivity contribution is 7.09. The number of likely N-dealkylation sites (tertiary alicyclic amines) is 1. The van der Waals surface area contributed by atoms with Crippen LogP contribution in [0.25, 0.3) is 0 Å². The number of urea groups is 1. The average Bonchev–Trinajstić information content (AvgIpc) is 3.04. The van der Waals surface area contributed by atoms with Crippen molar-refractivity contribution in [3.05, 3.63) is 16.6 Å². The second-order valence-corrected chi connectivity index (χ2v) is 8.71. The molecule has 1 aromatic rings. The minimum atomic E-state index is 0.0821. The first-order chi connectivity index (χ1) is 12.2. The zero-order valence-corrected chi connectivity index (χ0v) is 15.8. The van der Waals surface area contributed by atoms with Crippen LogP contribution in [-0.2, 0) is 11.3 Å². The van der Waals surface area contributed by atoms with E-state index in [0.29, 0.717) is 18.0 Å². The molecule has 3 fully saturated rings. The number of ether oxygens (including phenoxy) is 1. The van der Waals surface area contributed by atoms with Crippen molar-refractivity contribution in [3.8, 4) is 0 Å². The first kappa shape index (κ1) is 17.2. The smallest absolute Gasteiger partial charge is 0.317 e. The molecular weight excluding hydrogens is 336 g/mol. The molecule has 7 heteroatoms. The maximum atomic E-state index is 12.4. The molecule has 2 amide bonds. The van der Waals surface area contributed by atoms with Gasteiger partial charge in [-0.1, -0.05) is 0 Å². The molecule has 2 unspecified atom stereocenters. The molecule has 1 saturated carbocycles. The number of hydrogen-bond donors (Lipinski definition) is 1. The second-order valence-electron chi connectivity index (χ2n) is 7.73. The summed E-state index contributed by atoms with van der Waals surface area (Å²) >= 11 is 1.73. The quantitative estimate of drug-likeness (QED) is 0.871. The second kappa shape index (κ2) is 7.21. The van der Waals surface area contributed by atoms with E-state index < -0.39 is 0 Å². The molecule has 25 heavy (non-hydrogen) atoms. The Morgan fingerprint density at radius 1 is 1.52 bits per heavy atom. The van der Waals surface area contributed by atoms with Gasteiger partial charge in [-0.3, -0.25) is 4.90 Å². The van der Waals surface area contributed by atoms with E-state index in [2.05, 4.69) is 22.2 Å². The van der Waals surface area contributed by atoms with Crippen molar-refractivity contribution in [2.45, 2.75) is 50.8 Å². The summed E-state index contributed by atoms with van der Waals surface area (Å²) in [5.74, 6) is 0. The van der Waals surface area contributed by atoms with Gasteiger partial charge in [-0.15, -0.1) is 11.3 Å². The van der Waals surface area contributed by atoms with Gasteiger partial charge in [0.05, 0.1) is 12.6 Å². The van der Waals surface area contributed by atoms with E-state index in [-0.39, 0.29) is 12.1 Å². The predicted molar refractivity (Wildman–Crippen MR) is 97.6 cm³/mol. The van der Waals surface area contributed by atoms with Gasteiger partial charge in [0.2, 0.25) is 0 Å². The van der Waals surface area contributed by atoms with E-state index >= 15 is 0 Å². The molecule has 0 aromatic carbocycles. The van der Waals surface area contributed by atoms with Gasteiger partial charge in [0, 0.05) is 43.9 Å². The number of carbonyl (C=O) groups excluding carboxylic acids is 1. The van der Waals surface area contributed by atoms with Gasteiger partial charge in [-0.05, 0) is 44.6 Å². The molecule has 2 saturated heterocycles. The Morgan fingerprint density at radius 2 is 2.36 bits per heavy atom.